The van der Waals surface area contributed by atoms with Crippen LogP contribution in [-0.2, 0) is 11.2 Å². The molecule has 2 amide bonds. The molecule has 9 nitrogen and oxygen atoms in total. The van der Waals surface area contributed by atoms with E-state index >= 15 is 0 Å². The summed E-state index contributed by atoms with van der Waals surface area (Å²) in [6.45, 7) is 0.653. The lowest BCUT2D eigenvalue weighted by molar-refractivity contribution is -0.130. The van der Waals surface area contributed by atoms with Crippen molar-refractivity contribution < 1.29 is 14.7 Å². The van der Waals surface area contributed by atoms with E-state index in [1.807, 2.05) is 28.8 Å². The summed E-state index contributed by atoms with van der Waals surface area (Å²) in [7, 11) is 0. The number of pyridine rings is 1. The molecule has 1 aromatic carbocycles. The third-order valence-corrected chi connectivity index (χ3v) is 6.09. The first-order valence-electron chi connectivity index (χ1n) is 10.7. The molecule has 9 heteroatoms. The van der Waals surface area contributed by atoms with Gasteiger partial charge in [0.25, 0.3) is 0 Å². The molecule has 0 aliphatic carbocycles. The minimum Gasteiger partial charge on any atom is -0.389 e. The van der Waals surface area contributed by atoms with Crippen LogP contribution in [0.1, 0.15) is 35.1 Å². The monoisotopic (exact) mass is 432 g/mol. The maximum Gasteiger partial charge on any atom is 0.249 e. The molecule has 0 radical (unpaired) electrons. The van der Waals surface area contributed by atoms with Crippen LogP contribution in [0.3, 0.4) is 0 Å². The van der Waals surface area contributed by atoms with Crippen LogP contribution in [0.5, 0.6) is 0 Å². The molecule has 4 N–H and O–H groups in total. The Bertz CT molecular complexity index is 1280. The van der Waals surface area contributed by atoms with Crippen molar-refractivity contribution in [1.82, 2.24) is 24.4 Å². The Hall–Kier alpha value is -3.72. The first-order valence-corrected chi connectivity index (χ1v) is 10.7. The molecule has 0 unspecified atom stereocenters. The lowest BCUT2D eigenvalue weighted by Crippen LogP contribution is -2.29. The van der Waals surface area contributed by atoms with Crippen molar-refractivity contribution in [3.8, 4) is 0 Å². The minimum atomic E-state index is -0.719. The number of benzene rings is 1. The van der Waals surface area contributed by atoms with Crippen LogP contribution in [0.15, 0.2) is 48.8 Å². The average molecular weight is 432 g/mol. The van der Waals surface area contributed by atoms with Crippen molar-refractivity contribution in [2.75, 3.05) is 13.1 Å². The molecular formula is C23H24N6O3. The summed E-state index contributed by atoms with van der Waals surface area (Å²) in [4.78, 5) is 38.3. The summed E-state index contributed by atoms with van der Waals surface area (Å²) < 4.78 is 1.83. The van der Waals surface area contributed by atoms with Gasteiger partial charge in [-0.3, -0.25) is 9.59 Å². The number of aliphatic hydroxyl groups excluding tert-OH is 1. The van der Waals surface area contributed by atoms with E-state index in [1.54, 1.807) is 23.2 Å². The van der Waals surface area contributed by atoms with E-state index in [1.165, 1.54) is 6.20 Å². The first kappa shape index (κ1) is 20.2. The number of likely N-dealkylation sites (tertiary alicyclic amines) is 1. The number of β-amino-alcohol motifs (C(OH)–C–C–N with tert-alkyl or cyclic N) is 1. The first-order chi connectivity index (χ1) is 15.5. The zero-order chi connectivity index (χ0) is 22.2. The van der Waals surface area contributed by atoms with Gasteiger partial charge in [-0.05, 0) is 30.7 Å². The molecule has 0 saturated carbocycles. The number of nitrogens with one attached hydrogen (secondary N) is 1. The van der Waals surface area contributed by atoms with Crippen molar-refractivity contribution in [2.45, 2.75) is 31.4 Å². The summed E-state index contributed by atoms with van der Waals surface area (Å²) in [5, 5.41) is 11.3. The quantitative estimate of drug-likeness (QED) is 0.428. The number of aromatic amines is 1. The number of aliphatic hydroxyl groups is 1. The highest BCUT2D eigenvalue weighted by atomic mass is 16.3. The van der Waals surface area contributed by atoms with E-state index in [9.17, 15) is 14.7 Å². The summed E-state index contributed by atoms with van der Waals surface area (Å²) in [5.41, 5.74) is 8.33. The van der Waals surface area contributed by atoms with Gasteiger partial charge < -0.3 is 25.3 Å². The van der Waals surface area contributed by atoms with Crippen molar-refractivity contribution >= 4 is 33.9 Å². The third-order valence-electron chi connectivity index (χ3n) is 6.09. The lowest BCUT2D eigenvalue weighted by atomic mass is 10.2. The van der Waals surface area contributed by atoms with Gasteiger partial charge in [-0.2, -0.15) is 0 Å². The predicted molar refractivity (Wildman–Crippen MR) is 119 cm³/mol. The van der Waals surface area contributed by atoms with E-state index in [4.69, 9.17) is 5.73 Å². The lowest BCUT2D eigenvalue weighted by Gasteiger charge is -2.17. The summed E-state index contributed by atoms with van der Waals surface area (Å²) in [6.07, 6.45) is 4.33. The number of nitrogens with two attached hydrogens (primary N) is 1. The van der Waals surface area contributed by atoms with Crippen LogP contribution in [-0.4, -0.2) is 60.5 Å². The molecule has 1 saturated heterocycles. The molecule has 2 atom stereocenters. The molecule has 1 fully saturated rings. The Kier molecular flexibility index (Phi) is 5.10. The van der Waals surface area contributed by atoms with Crippen LogP contribution in [0.4, 0.5) is 0 Å². The van der Waals surface area contributed by atoms with Gasteiger partial charge in [0, 0.05) is 43.7 Å². The Morgan fingerprint density at radius 3 is 2.84 bits per heavy atom. The molecule has 164 valence electrons. The summed E-state index contributed by atoms with van der Waals surface area (Å²) >= 11 is 0. The fraction of sp³-hybridized carbons (Fsp3) is 0.304. The highest BCUT2D eigenvalue weighted by Gasteiger charge is 2.35. The number of primary amides is 1. The van der Waals surface area contributed by atoms with E-state index in [-0.39, 0.29) is 18.5 Å². The Morgan fingerprint density at radius 2 is 2.03 bits per heavy atom. The van der Waals surface area contributed by atoms with Crippen molar-refractivity contribution in [1.29, 1.82) is 0 Å². The Balaban J connectivity index is 1.24. The largest absolute Gasteiger partial charge is 0.389 e. The van der Waals surface area contributed by atoms with E-state index in [0.717, 1.165) is 16.9 Å². The number of hydrogen-bond donors (Lipinski definition) is 3. The minimum absolute atomic E-state index is 0.00454. The van der Waals surface area contributed by atoms with Gasteiger partial charge in [-0.25, -0.2) is 9.97 Å². The van der Waals surface area contributed by atoms with Gasteiger partial charge in [0.05, 0.1) is 28.7 Å². The number of carbonyl (C=O) groups is 2. The number of carbonyl (C=O) groups excluding carboxylic acids is 2. The second-order valence-electron chi connectivity index (χ2n) is 8.17. The number of para-hydroxylation sites is 2. The number of aromatic nitrogens is 4. The molecule has 5 rings (SSSR count). The standard InChI is InChI=1S/C23H24N6O3/c24-22(32)14-8-10-25-23-15(14)9-11-29(23)18-12-28(13-19(18)30)21(31)7-3-6-20-26-16-4-1-2-5-17(16)27-20/h1-2,4-5,8-11,18-19,30H,3,6-7,12-13H2,(H2,24,32)(H,26,27)/t18-,19-/m1/s1. The van der Waals surface area contributed by atoms with Gasteiger partial charge >= 0.3 is 0 Å². The van der Waals surface area contributed by atoms with Gasteiger partial charge in [0.15, 0.2) is 0 Å². The fourth-order valence-electron chi connectivity index (χ4n) is 4.48. The number of H-pyrrole nitrogens is 1. The molecular weight excluding hydrogens is 408 g/mol. The van der Waals surface area contributed by atoms with Crippen LogP contribution in [0.2, 0.25) is 0 Å². The number of imidazole rings is 1. The maximum atomic E-state index is 12.8. The topological polar surface area (TPSA) is 130 Å². The molecule has 4 heterocycles. The van der Waals surface area contributed by atoms with Gasteiger partial charge in [0.1, 0.15) is 11.5 Å². The molecule has 4 aromatic rings. The number of nitrogens with zero attached hydrogens (tertiary/aromatic N) is 4. The average Bonchev–Trinajstić information content (AvgIpc) is 3.49. The Morgan fingerprint density at radius 1 is 1.19 bits per heavy atom. The highest BCUT2D eigenvalue weighted by Crippen LogP contribution is 2.28. The molecule has 32 heavy (non-hydrogen) atoms. The third kappa shape index (κ3) is 3.60. The number of rotatable bonds is 6. The highest BCUT2D eigenvalue weighted by molar-refractivity contribution is 6.04. The van der Waals surface area contributed by atoms with Crippen LogP contribution >= 0.6 is 0 Å². The van der Waals surface area contributed by atoms with E-state index in [2.05, 4.69) is 15.0 Å². The number of amides is 2. The molecule has 0 spiro atoms. The fourth-order valence-corrected chi connectivity index (χ4v) is 4.48. The van der Waals surface area contributed by atoms with Crippen LogP contribution in [0.25, 0.3) is 22.1 Å². The van der Waals surface area contributed by atoms with Gasteiger partial charge in [-0.1, -0.05) is 12.1 Å². The Labute approximate surface area is 183 Å². The molecule has 1 aliphatic rings. The van der Waals surface area contributed by atoms with Crippen molar-refractivity contribution in [3.63, 3.8) is 0 Å². The van der Waals surface area contributed by atoms with Crippen molar-refractivity contribution in [2.24, 2.45) is 5.73 Å². The number of fused-ring (bicyclic) bond motifs is 2. The normalized spacial score (nSPS) is 18.6. The number of aryl methyl sites for hydroxylation is 1. The van der Waals surface area contributed by atoms with Gasteiger partial charge in [0.2, 0.25) is 11.8 Å². The smallest absolute Gasteiger partial charge is 0.249 e. The maximum absolute atomic E-state index is 12.8. The molecule has 0 bridgehead atoms. The van der Waals surface area contributed by atoms with E-state index < -0.39 is 12.0 Å². The van der Waals surface area contributed by atoms with E-state index in [0.29, 0.717) is 42.4 Å². The van der Waals surface area contributed by atoms with Crippen LogP contribution in [0, 0.1) is 0 Å². The second kappa shape index (κ2) is 8.08. The SMILES string of the molecule is NC(=O)c1ccnc2c1ccn2[C@@H]1CN(C(=O)CCCc2nc3ccccc3[nH]2)C[C@H]1O. The molecule has 1 aliphatic heterocycles. The second-order valence-corrected chi connectivity index (χ2v) is 8.17. The zero-order valence-electron chi connectivity index (χ0n) is 17.4. The van der Waals surface area contributed by atoms with Gasteiger partial charge in [-0.15, -0.1) is 0 Å². The van der Waals surface area contributed by atoms with Crippen molar-refractivity contribution in [3.05, 3.63) is 60.2 Å². The number of hydrogen-bond acceptors (Lipinski definition) is 5. The summed E-state index contributed by atoms with van der Waals surface area (Å²) in [6, 6.07) is 10.9. The molecule has 3 aromatic heterocycles. The predicted octanol–water partition coefficient (Wildman–Crippen LogP) is 1.78. The summed E-state index contributed by atoms with van der Waals surface area (Å²) in [5.74, 6) is 0.349. The van der Waals surface area contributed by atoms with Crippen LogP contribution < -0.4 is 5.73 Å². The zero-order valence-corrected chi connectivity index (χ0v) is 17.4.